The highest BCUT2D eigenvalue weighted by Gasteiger charge is 2.23. The highest BCUT2D eigenvalue weighted by molar-refractivity contribution is 5.88. The van der Waals surface area contributed by atoms with Crippen molar-refractivity contribution < 1.29 is 14.3 Å². The maximum Gasteiger partial charge on any atom is 0.360 e. The summed E-state index contributed by atoms with van der Waals surface area (Å²) < 4.78 is 6.03. The second kappa shape index (κ2) is 7.16. The molecule has 1 aromatic rings. The second-order valence-corrected chi connectivity index (χ2v) is 5.36. The number of carbonyl (C=O) groups is 2. The van der Waals surface area contributed by atoms with Crippen molar-refractivity contribution in [3.63, 3.8) is 0 Å². The van der Waals surface area contributed by atoms with E-state index < -0.39 is 5.97 Å². The molecule has 0 radical (unpaired) electrons. The largest absolute Gasteiger partial charge is 0.464 e. The predicted molar refractivity (Wildman–Crippen MR) is 76.6 cm³/mol. The van der Waals surface area contributed by atoms with Crippen LogP contribution >= 0.6 is 0 Å². The first-order chi connectivity index (χ1) is 9.84. The Kier molecular flexibility index (Phi) is 5.83. The van der Waals surface area contributed by atoms with Crippen LogP contribution in [0.2, 0.25) is 0 Å². The number of aromatic nitrogens is 3. The lowest BCUT2D eigenvalue weighted by molar-refractivity contribution is -0.123. The Morgan fingerprint density at radius 3 is 2.62 bits per heavy atom. The number of hydrogen-bond acceptors (Lipinski definition) is 6. The number of esters is 1. The third kappa shape index (κ3) is 4.52. The van der Waals surface area contributed by atoms with Crippen molar-refractivity contribution in [2.24, 2.45) is 5.73 Å². The Morgan fingerprint density at radius 2 is 2.10 bits per heavy atom. The standard InChI is InChI=1S/C13H23N5O3/c1-5-13(2,3)15-10(19)8-18-9(6-7-14)11(16-17-18)12(20)21-4/h5-8,14H2,1-4H3,(H,15,19). The molecule has 0 aromatic carbocycles. The van der Waals surface area contributed by atoms with Crippen molar-refractivity contribution in [2.75, 3.05) is 13.7 Å². The van der Waals surface area contributed by atoms with E-state index in [0.29, 0.717) is 18.7 Å². The first-order valence-electron chi connectivity index (χ1n) is 6.86. The van der Waals surface area contributed by atoms with Crippen LogP contribution in [-0.2, 0) is 22.5 Å². The maximum atomic E-state index is 12.0. The zero-order chi connectivity index (χ0) is 16.0. The van der Waals surface area contributed by atoms with Crippen LogP contribution in [0.1, 0.15) is 43.4 Å². The molecule has 1 amide bonds. The van der Waals surface area contributed by atoms with E-state index in [0.717, 1.165) is 6.42 Å². The molecular formula is C13H23N5O3. The molecule has 0 saturated carbocycles. The van der Waals surface area contributed by atoms with Gasteiger partial charge in [-0.05, 0) is 26.8 Å². The van der Waals surface area contributed by atoms with Gasteiger partial charge < -0.3 is 15.8 Å². The van der Waals surface area contributed by atoms with Crippen LogP contribution in [-0.4, -0.2) is 46.1 Å². The number of nitrogens with two attached hydrogens (primary N) is 1. The second-order valence-electron chi connectivity index (χ2n) is 5.36. The SMILES string of the molecule is CCC(C)(C)NC(=O)Cn1nnc(C(=O)OC)c1CCN. The van der Waals surface area contributed by atoms with Gasteiger partial charge in [0, 0.05) is 12.0 Å². The zero-order valence-corrected chi connectivity index (χ0v) is 13.0. The van der Waals surface area contributed by atoms with Gasteiger partial charge in [0.2, 0.25) is 5.91 Å². The topological polar surface area (TPSA) is 112 Å². The van der Waals surface area contributed by atoms with Gasteiger partial charge in [-0.25, -0.2) is 9.48 Å². The van der Waals surface area contributed by atoms with E-state index in [4.69, 9.17) is 5.73 Å². The highest BCUT2D eigenvalue weighted by atomic mass is 16.5. The molecule has 118 valence electrons. The van der Waals surface area contributed by atoms with Crippen LogP contribution < -0.4 is 11.1 Å². The highest BCUT2D eigenvalue weighted by Crippen LogP contribution is 2.10. The van der Waals surface area contributed by atoms with Crippen LogP contribution in [0.4, 0.5) is 0 Å². The smallest absolute Gasteiger partial charge is 0.360 e. The Morgan fingerprint density at radius 1 is 1.43 bits per heavy atom. The van der Waals surface area contributed by atoms with Crippen LogP contribution in [0.25, 0.3) is 0 Å². The van der Waals surface area contributed by atoms with Crippen LogP contribution in [0.5, 0.6) is 0 Å². The van der Waals surface area contributed by atoms with Gasteiger partial charge in [-0.1, -0.05) is 12.1 Å². The number of methoxy groups -OCH3 is 1. The summed E-state index contributed by atoms with van der Waals surface area (Å²) >= 11 is 0. The van der Waals surface area contributed by atoms with Crippen molar-refractivity contribution in [3.05, 3.63) is 11.4 Å². The molecule has 1 heterocycles. The summed E-state index contributed by atoms with van der Waals surface area (Å²) in [6.45, 7) is 6.17. The van der Waals surface area contributed by atoms with Crippen molar-refractivity contribution in [2.45, 2.75) is 45.7 Å². The van der Waals surface area contributed by atoms with Gasteiger partial charge >= 0.3 is 5.97 Å². The molecule has 1 aromatic heterocycles. The van der Waals surface area contributed by atoms with E-state index in [1.165, 1.54) is 11.8 Å². The summed E-state index contributed by atoms with van der Waals surface area (Å²) in [6.07, 6.45) is 1.20. The van der Waals surface area contributed by atoms with Gasteiger partial charge in [0.1, 0.15) is 6.54 Å². The molecular weight excluding hydrogens is 274 g/mol. The zero-order valence-electron chi connectivity index (χ0n) is 13.0. The summed E-state index contributed by atoms with van der Waals surface area (Å²) in [4.78, 5) is 23.6. The third-order valence-corrected chi connectivity index (χ3v) is 3.25. The molecule has 0 unspecified atom stereocenters. The molecule has 0 spiro atoms. The monoisotopic (exact) mass is 297 g/mol. The minimum absolute atomic E-state index is 0.0112. The Balaban J connectivity index is 2.90. The van der Waals surface area contributed by atoms with Crippen LogP contribution in [0.3, 0.4) is 0 Å². The van der Waals surface area contributed by atoms with E-state index in [2.05, 4.69) is 20.4 Å². The summed E-state index contributed by atoms with van der Waals surface area (Å²) in [5.41, 5.74) is 5.85. The van der Waals surface area contributed by atoms with Gasteiger partial charge in [0.05, 0.1) is 12.8 Å². The molecule has 3 N–H and O–H groups in total. The molecule has 8 nitrogen and oxygen atoms in total. The first kappa shape index (κ1) is 17.1. The minimum Gasteiger partial charge on any atom is -0.464 e. The molecule has 0 aliphatic rings. The van der Waals surface area contributed by atoms with Gasteiger partial charge in [-0.2, -0.15) is 0 Å². The number of amides is 1. The third-order valence-electron chi connectivity index (χ3n) is 3.25. The van der Waals surface area contributed by atoms with Gasteiger partial charge in [0.25, 0.3) is 0 Å². The normalized spacial score (nSPS) is 11.3. The maximum absolute atomic E-state index is 12.0. The summed E-state index contributed by atoms with van der Waals surface area (Å²) in [7, 11) is 1.27. The lowest BCUT2D eigenvalue weighted by atomic mass is 10.0. The van der Waals surface area contributed by atoms with Crippen molar-refractivity contribution >= 4 is 11.9 Å². The van der Waals surface area contributed by atoms with Crippen molar-refractivity contribution in [3.8, 4) is 0 Å². The molecule has 0 fully saturated rings. The summed E-state index contributed by atoms with van der Waals surface area (Å²) in [6, 6.07) is 0. The van der Waals surface area contributed by atoms with Gasteiger partial charge in [-0.3, -0.25) is 4.79 Å². The average molecular weight is 297 g/mol. The lowest BCUT2D eigenvalue weighted by Gasteiger charge is -2.24. The van der Waals surface area contributed by atoms with E-state index in [9.17, 15) is 9.59 Å². The fraction of sp³-hybridized carbons (Fsp3) is 0.692. The van der Waals surface area contributed by atoms with Gasteiger partial charge in [0.15, 0.2) is 5.69 Å². The first-order valence-corrected chi connectivity index (χ1v) is 6.86. The molecule has 1 rings (SSSR count). The van der Waals surface area contributed by atoms with E-state index >= 15 is 0 Å². The summed E-state index contributed by atoms with van der Waals surface area (Å²) in [5.74, 6) is -0.777. The average Bonchev–Trinajstić information content (AvgIpc) is 2.81. The molecule has 21 heavy (non-hydrogen) atoms. The molecule has 0 aliphatic heterocycles. The van der Waals surface area contributed by atoms with E-state index in [1.54, 1.807) is 0 Å². The number of rotatable bonds is 7. The number of ether oxygens (including phenoxy) is 1. The van der Waals surface area contributed by atoms with Crippen LogP contribution in [0, 0.1) is 0 Å². The van der Waals surface area contributed by atoms with Crippen molar-refractivity contribution in [1.29, 1.82) is 0 Å². The number of nitrogens with zero attached hydrogens (tertiary/aromatic N) is 3. The Hall–Kier alpha value is -1.96. The van der Waals surface area contributed by atoms with E-state index in [-0.39, 0.29) is 23.7 Å². The van der Waals surface area contributed by atoms with Crippen molar-refractivity contribution in [1.82, 2.24) is 20.3 Å². The molecule has 0 atom stereocenters. The fourth-order valence-corrected chi connectivity index (χ4v) is 1.74. The minimum atomic E-state index is -0.584. The van der Waals surface area contributed by atoms with Crippen LogP contribution in [0.15, 0.2) is 0 Å². The Labute approximate surface area is 124 Å². The number of carbonyl (C=O) groups excluding carboxylic acids is 2. The fourth-order valence-electron chi connectivity index (χ4n) is 1.74. The molecule has 0 aliphatic carbocycles. The summed E-state index contributed by atoms with van der Waals surface area (Å²) in [5, 5.41) is 10.5. The Bertz CT molecular complexity index is 510. The lowest BCUT2D eigenvalue weighted by Crippen LogP contribution is -2.44. The quantitative estimate of drug-likeness (QED) is 0.678. The predicted octanol–water partition coefficient (Wildman–Crippen LogP) is -0.129. The molecule has 8 heteroatoms. The number of hydrogen-bond donors (Lipinski definition) is 2. The van der Waals surface area contributed by atoms with E-state index in [1.807, 2.05) is 20.8 Å². The number of nitrogens with one attached hydrogen (secondary N) is 1. The molecule has 0 saturated heterocycles. The van der Waals surface area contributed by atoms with Gasteiger partial charge in [-0.15, -0.1) is 5.10 Å². The molecule has 0 bridgehead atoms.